The van der Waals surface area contributed by atoms with Gasteiger partial charge < -0.3 is 15.4 Å². The third-order valence-electron chi connectivity index (χ3n) is 3.72. The zero-order valence-electron chi connectivity index (χ0n) is 12.3. The van der Waals surface area contributed by atoms with Crippen LogP contribution in [0.15, 0.2) is 24.3 Å². The van der Waals surface area contributed by atoms with Crippen molar-refractivity contribution in [1.29, 1.82) is 0 Å². The molecule has 1 saturated heterocycles. The quantitative estimate of drug-likeness (QED) is 0.783. The second-order valence-electron chi connectivity index (χ2n) is 5.44. The van der Waals surface area contributed by atoms with E-state index in [-0.39, 0.29) is 11.9 Å². The lowest BCUT2D eigenvalue weighted by Gasteiger charge is -2.16. The summed E-state index contributed by atoms with van der Waals surface area (Å²) in [7, 11) is 0. The third-order valence-corrected chi connectivity index (χ3v) is 3.72. The fourth-order valence-corrected chi connectivity index (χ4v) is 2.29. The molecule has 2 N–H and O–H groups in total. The minimum atomic E-state index is -0.00865. The van der Waals surface area contributed by atoms with Gasteiger partial charge in [-0.25, -0.2) is 0 Å². The summed E-state index contributed by atoms with van der Waals surface area (Å²) in [4.78, 5) is 12.1. The zero-order valence-corrected chi connectivity index (χ0v) is 12.3. The van der Waals surface area contributed by atoms with Gasteiger partial charge >= 0.3 is 0 Å². The maximum Gasteiger partial charge on any atom is 0.251 e. The number of nitrogens with one attached hydrogen (secondary N) is 2. The van der Waals surface area contributed by atoms with Gasteiger partial charge in [0.15, 0.2) is 0 Å². The normalized spacial score (nSPS) is 21.7. The van der Waals surface area contributed by atoms with Crippen LogP contribution in [0.1, 0.15) is 37.0 Å². The fourth-order valence-electron chi connectivity index (χ4n) is 2.29. The first kappa shape index (κ1) is 14.9. The molecule has 2 rings (SSSR count). The van der Waals surface area contributed by atoms with Gasteiger partial charge in [-0.3, -0.25) is 4.79 Å². The SMILES string of the molecule is CCCCOc1ccc(C(=O)NC2CNCC2C)cc1. The fraction of sp³-hybridized carbons (Fsp3) is 0.562. The van der Waals surface area contributed by atoms with Gasteiger partial charge in [0.25, 0.3) is 5.91 Å². The Balaban J connectivity index is 1.87. The minimum absolute atomic E-state index is 0.00865. The lowest BCUT2D eigenvalue weighted by molar-refractivity contribution is 0.0933. The molecule has 0 saturated carbocycles. The van der Waals surface area contributed by atoms with E-state index in [2.05, 4.69) is 24.5 Å². The molecule has 1 fully saturated rings. The van der Waals surface area contributed by atoms with E-state index in [0.717, 1.165) is 38.3 Å². The summed E-state index contributed by atoms with van der Waals surface area (Å²) in [5, 5.41) is 6.36. The molecule has 0 aliphatic carbocycles. The predicted molar refractivity (Wildman–Crippen MR) is 80.1 cm³/mol. The van der Waals surface area contributed by atoms with Crippen molar-refractivity contribution in [1.82, 2.24) is 10.6 Å². The van der Waals surface area contributed by atoms with Crippen molar-refractivity contribution in [2.24, 2.45) is 5.92 Å². The number of carbonyl (C=O) groups excluding carboxylic acids is 1. The number of hydrogen-bond acceptors (Lipinski definition) is 3. The molecule has 20 heavy (non-hydrogen) atoms. The molecule has 0 spiro atoms. The highest BCUT2D eigenvalue weighted by Crippen LogP contribution is 2.14. The van der Waals surface area contributed by atoms with Crippen LogP contribution in [-0.2, 0) is 0 Å². The molecule has 1 aromatic rings. The maximum absolute atomic E-state index is 12.1. The molecular weight excluding hydrogens is 252 g/mol. The Labute approximate surface area is 120 Å². The van der Waals surface area contributed by atoms with E-state index < -0.39 is 0 Å². The van der Waals surface area contributed by atoms with Crippen LogP contribution in [0.3, 0.4) is 0 Å². The van der Waals surface area contributed by atoms with Gasteiger partial charge in [-0.1, -0.05) is 20.3 Å². The van der Waals surface area contributed by atoms with Crippen LogP contribution >= 0.6 is 0 Å². The maximum atomic E-state index is 12.1. The number of ether oxygens (including phenoxy) is 1. The number of amides is 1. The molecule has 1 amide bonds. The Hall–Kier alpha value is -1.55. The minimum Gasteiger partial charge on any atom is -0.494 e. The number of benzene rings is 1. The Morgan fingerprint density at radius 1 is 1.35 bits per heavy atom. The first-order valence-corrected chi connectivity index (χ1v) is 7.45. The first-order chi connectivity index (χ1) is 9.70. The van der Waals surface area contributed by atoms with Gasteiger partial charge in [-0.05, 0) is 43.1 Å². The Bertz CT molecular complexity index is 431. The average Bonchev–Trinajstić information content (AvgIpc) is 2.85. The lowest BCUT2D eigenvalue weighted by atomic mass is 10.1. The van der Waals surface area contributed by atoms with Crippen molar-refractivity contribution in [3.8, 4) is 5.75 Å². The van der Waals surface area contributed by atoms with Crippen LogP contribution in [0.25, 0.3) is 0 Å². The van der Waals surface area contributed by atoms with Crippen molar-refractivity contribution in [3.05, 3.63) is 29.8 Å². The van der Waals surface area contributed by atoms with Crippen molar-refractivity contribution < 1.29 is 9.53 Å². The van der Waals surface area contributed by atoms with Crippen LogP contribution in [0, 0.1) is 5.92 Å². The molecule has 2 atom stereocenters. The van der Waals surface area contributed by atoms with Gasteiger partial charge in [-0.2, -0.15) is 0 Å². The van der Waals surface area contributed by atoms with E-state index in [0.29, 0.717) is 11.5 Å². The highest BCUT2D eigenvalue weighted by molar-refractivity contribution is 5.94. The molecule has 1 aliphatic rings. The Morgan fingerprint density at radius 3 is 2.70 bits per heavy atom. The molecule has 0 bridgehead atoms. The van der Waals surface area contributed by atoms with Gasteiger partial charge in [0.1, 0.15) is 5.75 Å². The largest absolute Gasteiger partial charge is 0.494 e. The van der Waals surface area contributed by atoms with Gasteiger partial charge in [0, 0.05) is 18.2 Å². The van der Waals surface area contributed by atoms with E-state index in [4.69, 9.17) is 4.74 Å². The van der Waals surface area contributed by atoms with Gasteiger partial charge in [0.2, 0.25) is 0 Å². The topological polar surface area (TPSA) is 50.4 Å². The van der Waals surface area contributed by atoms with Crippen LogP contribution in [-0.4, -0.2) is 31.6 Å². The van der Waals surface area contributed by atoms with Gasteiger partial charge in [-0.15, -0.1) is 0 Å². The monoisotopic (exact) mass is 276 g/mol. The molecule has 4 heteroatoms. The van der Waals surface area contributed by atoms with Crippen molar-refractivity contribution >= 4 is 5.91 Å². The second-order valence-corrected chi connectivity index (χ2v) is 5.44. The Morgan fingerprint density at radius 2 is 2.10 bits per heavy atom. The second kappa shape index (κ2) is 7.29. The summed E-state index contributed by atoms with van der Waals surface area (Å²) in [6.45, 7) is 6.83. The predicted octanol–water partition coefficient (Wildman–Crippen LogP) is 2.20. The smallest absolute Gasteiger partial charge is 0.251 e. The van der Waals surface area contributed by atoms with Crippen LogP contribution in [0.5, 0.6) is 5.75 Å². The van der Waals surface area contributed by atoms with Crippen LogP contribution in [0.2, 0.25) is 0 Å². The van der Waals surface area contributed by atoms with Crippen molar-refractivity contribution in [2.75, 3.05) is 19.7 Å². The summed E-state index contributed by atoms with van der Waals surface area (Å²) in [6.07, 6.45) is 2.17. The molecular formula is C16H24N2O2. The van der Waals surface area contributed by atoms with Gasteiger partial charge in [0.05, 0.1) is 6.61 Å². The van der Waals surface area contributed by atoms with E-state index in [9.17, 15) is 4.79 Å². The summed E-state index contributed by atoms with van der Waals surface area (Å²) in [5.41, 5.74) is 0.687. The lowest BCUT2D eigenvalue weighted by Crippen LogP contribution is -2.39. The number of rotatable bonds is 6. The summed E-state index contributed by atoms with van der Waals surface area (Å²) >= 11 is 0. The number of carbonyl (C=O) groups is 1. The van der Waals surface area contributed by atoms with E-state index in [1.807, 2.05) is 24.3 Å². The summed E-state index contributed by atoms with van der Waals surface area (Å²) < 4.78 is 5.59. The average molecular weight is 276 g/mol. The molecule has 0 radical (unpaired) electrons. The molecule has 0 aromatic heterocycles. The summed E-state index contributed by atoms with van der Waals surface area (Å²) in [5.74, 6) is 1.30. The first-order valence-electron chi connectivity index (χ1n) is 7.45. The highest BCUT2D eigenvalue weighted by atomic mass is 16.5. The van der Waals surface area contributed by atoms with Crippen LogP contribution < -0.4 is 15.4 Å². The molecule has 1 heterocycles. The van der Waals surface area contributed by atoms with E-state index in [1.165, 1.54) is 0 Å². The van der Waals surface area contributed by atoms with E-state index >= 15 is 0 Å². The van der Waals surface area contributed by atoms with Crippen molar-refractivity contribution in [2.45, 2.75) is 32.7 Å². The number of hydrogen-bond donors (Lipinski definition) is 2. The molecule has 2 unspecified atom stereocenters. The highest BCUT2D eigenvalue weighted by Gasteiger charge is 2.24. The van der Waals surface area contributed by atoms with Crippen molar-refractivity contribution in [3.63, 3.8) is 0 Å². The van der Waals surface area contributed by atoms with E-state index in [1.54, 1.807) is 0 Å². The zero-order chi connectivity index (χ0) is 14.4. The Kier molecular flexibility index (Phi) is 5.41. The standard InChI is InChI=1S/C16H24N2O2/c1-3-4-9-20-14-7-5-13(6-8-14)16(19)18-15-11-17-10-12(15)2/h5-8,12,15,17H,3-4,9-11H2,1-2H3,(H,18,19). The summed E-state index contributed by atoms with van der Waals surface area (Å²) in [6, 6.07) is 7.60. The molecule has 4 nitrogen and oxygen atoms in total. The third kappa shape index (κ3) is 3.97. The number of unbranched alkanes of at least 4 members (excludes halogenated alkanes) is 1. The van der Waals surface area contributed by atoms with Crippen LogP contribution in [0.4, 0.5) is 0 Å². The molecule has 110 valence electrons. The molecule has 1 aliphatic heterocycles. The molecule has 1 aromatic carbocycles.